The molecule has 0 bridgehead atoms. The van der Waals surface area contributed by atoms with Gasteiger partial charge in [0.15, 0.2) is 5.13 Å². The topological polar surface area (TPSA) is 92.2 Å². The number of urea groups is 1. The minimum Gasteiger partial charge on any atom is -0.350 e. The van der Waals surface area contributed by atoms with Gasteiger partial charge in [-0.15, -0.1) is 11.3 Å². The van der Waals surface area contributed by atoms with E-state index in [0.717, 1.165) is 31.6 Å². The van der Waals surface area contributed by atoms with Crippen LogP contribution in [0.5, 0.6) is 0 Å². The molecular formula is C15H20N6O2S. The highest BCUT2D eigenvalue weighted by Crippen LogP contribution is 2.22. The molecule has 2 N–H and O–H groups in total. The van der Waals surface area contributed by atoms with Crippen molar-refractivity contribution in [2.45, 2.75) is 25.3 Å². The molecule has 2 aromatic heterocycles. The van der Waals surface area contributed by atoms with E-state index in [1.165, 1.54) is 22.1 Å². The summed E-state index contributed by atoms with van der Waals surface area (Å²) in [5, 5.41) is 12.3. The van der Waals surface area contributed by atoms with E-state index in [-0.39, 0.29) is 17.6 Å². The molecule has 8 nitrogen and oxygen atoms in total. The highest BCUT2D eigenvalue weighted by molar-refractivity contribution is 7.13. The van der Waals surface area contributed by atoms with Crippen LogP contribution in [0, 0.1) is 0 Å². The van der Waals surface area contributed by atoms with Crippen molar-refractivity contribution >= 4 is 28.3 Å². The fourth-order valence-corrected chi connectivity index (χ4v) is 3.32. The number of anilines is 2. The van der Waals surface area contributed by atoms with Crippen molar-refractivity contribution in [1.82, 2.24) is 20.1 Å². The average molecular weight is 348 g/mol. The fourth-order valence-electron chi connectivity index (χ4n) is 2.79. The van der Waals surface area contributed by atoms with E-state index < -0.39 is 0 Å². The number of aryl methyl sites for hydroxylation is 1. The van der Waals surface area contributed by atoms with Gasteiger partial charge in [0, 0.05) is 43.8 Å². The largest absolute Gasteiger partial charge is 0.350 e. The first-order valence-electron chi connectivity index (χ1n) is 7.89. The first kappa shape index (κ1) is 16.4. The molecule has 1 aliphatic heterocycles. The van der Waals surface area contributed by atoms with E-state index in [2.05, 4.69) is 25.6 Å². The third-order valence-corrected chi connectivity index (χ3v) is 4.71. The SMILES string of the molecule is Cn1nc(N2CCCCC2CNC(=O)Nc2nccs2)ccc1=O. The van der Waals surface area contributed by atoms with Gasteiger partial charge in [-0.2, -0.15) is 5.10 Å². The van der Waals surface area contributed by atoms with Gasteiger partial charge < -0.3 is 10.2 Å². The number of rotatable bonds is 4. The molecule has 3 heterocycles. The number of amides is 2. The van der Waals surface area contributed by atoms with Gasteiger partial charge in [0.05, 0.1) is 0 Å². The molecule has 2 amide bonds. The molecule has 1 unspecified atom stereocenters. The predicted octanol–water partition coefficient (Wildman–Crippen LogP) is 1.42. The van der Waals surface area contributed by atoms with E-state index in [9.17, 15) is 9.59 Å². The first-order valence-corrected chi connectivity index (χ1v) is 8.77. The molecule has 1 aliphatic rings. The summed E-state index contributed by atoms with van der Waals surface area (Å²) in [4.78, 5) is 29.7. The average Bonchev–Trinajstić information content (AvgIpc) is 3.09. The first-order chi connectivity index (χ1) is 11.6. The summed E-state index contributed by atoms with van der Waals surface area (Å²) in [7, 11) is 1.64. The van der Waals surface area contributed by atoms with Crippen LogP contribution in [0.2, 0.25) is 0 Å². The minimum absolute atomic E-state index is 0.131. The van der Waals surface area contributed by atoms with Gasteiger partial charge >= 0.3 is 6.03 Å². The Morgan fingerprint density at radius 1 is 1.42 bits per heavy atom. The number of hydrogen-bond acceptors (Lipinski definition) is 6. The summed E-state index contributed by atoms with van der Waals surface area (Å²) in [5.41, 5.74) is -0.131. The van der Waals surface area contributed by atoms with Crippen LogP contribution in [0.25, 0.3) is 0 Å². The van der Waals surface area contributed by atoms with Gasteiger partial charge in [-0.25, -0.2) is 14.5 Å². The predicted molar refractivity (Wildman–Crippen MR) is 93.6 cm³/mol. The zero-order valence-electron chi connectivity index (χ0n) is 13.4. The number of nitrogens with zero attached hydrogens (tertiary/aromatic N) is 4. The number of thiazole rings is 1. The Morgan fingerprint density at radius 2 is 2.29 bits per heavy atom. The van der Waals surface area contributed by atoms with E-state index in [4.69, 9.17) is 0 Å². The highest BCUT2D eigenvalue weighted by atomic mass is 32.1. The molecule has 0 saturated carbocycles. The van der Waals surface area contributed by atoms with E-state index >= 15 is 0 Å². The molecule has 0 spiro atoms. The van der Waals surface area contributed by atoms with Crippen LogP contribution >= 0.6 is 11.3 Å². The monoisotopic (exact) mass is 348 g/mol. The van der Waals surface area contributed by atoms with E-state index in [0.29, 0.717) is 11.7 Å². The van der Waals surface area contributed by atoms with Crippen molar-refractivity contribution < 1.29 is 4.79 Å². The lowest BCUT2D eigenvalue weighted by atomic mass is 10.0. The van der Waals surface area contributed by atoms with E-state index in [1.807, 2.05) is 5.38 Å². The maximum Gasteiger partial charge on any atom is 0.321 e. The lowest BCUT2D eigenvalue weighted by molar-refractivity contribution is 0.250. The number of piperidine rings is 1. The summed E-state index contributed by atoms with van der Waals surface area (Å²) in [6, 6.07) is 3.17. The smallest absolute Gasteiger partial charge is 0.321 e. The second-order valence-electron chi connectivity index (χ2n) is 5.67. The fraction of sp³-hybridized carbons (Fsp3) is 0.467. The van der Waals surface area contributed by atoms with Crippen molar-refractivity contribution in [3.05, 3.63) is 34.1 Å². The van der Waals surface area contributed by atoms with Crippen molar-refractivity contribution in [1.29, 1.82) is 0 Å². The van der Waals surface area contributed by atoms with Crippen LogP contribution in [0.1, 0.15) is 19.3 Å². The van der Waals surface area contributed by atoms with Crippen LogP contribution in [0.3, 0.4) is 0 Å². The standard InChI is InChI=1S/C15H20N6O2S/c1-20-13(22)6-5-12(19-20)21-8-3-2-4-11(21)10-17-14(23)18-15-16-7-9-24-15/h5-7,9,11H,2-4,8,10H2,1H3,(H2,16,17,18,23). The number of carbonyl (C=O) groups excluding carboxylic acids is 1. The molecule has 0 aromatic carbocycles. The number of nitrogens with one attached hydrogen (secondary N) is 2. The molecule has 3 rings (SSSR count). The van der Waals surface area contributed by atoms with Crippen LogP contribution in [0.4, 0.5) is 15.7 Å². The van der Waals surface area contributed by atoms with Crippen LogP contribution in [-0.4, -0.2) is 39.9 Å². The Hall–Kier alpha value is -2.42. The summed E-state index contributed by atoms with van der Waals surface area (Å²) in [5.74, 6) is 0.768. The quantitative estimate of drug-likeness (QED) is 0.872. The Kier molecular flexibility index (Phi) is 5.09. The maximum absolute atomic E-state index is 12.0. The van der Waals surface area contributed by atoms with Gasteiger partial charge in [0.1, 0.15) is 5.82 Å². The molecule has 9 heteroatoms. The Labute approximate surface area is 143 Å². The number of hydrogen-bond donors (Lipinski definition) is 2. The maximum atomic E-state index is 12.0. The minimum atomic E-state index is -0.260. The zero-order chi connectivity index (χ0) is 16.9. The van der Waals surface area contributed by atoms with Gasteiger partial charge in [-0.05, 0) is 25.3 Å². The number of aromatic nitrogens is 3. The summed E-state index contributed by atoms with van der Waals surface area (Å²) >= 11 is 1.38. The van der Waals surface area contributed by atoms with Gasteiger partial charge in [0.2, 0.25) is 0 Å². The third-order valence-electron chi connectivity index (χ3n) is 4.02. The van der Waals surface area contributed by atoms with E-state index in [1.54, 1.807) is 19.3 Å². The Balaban J connectivity index is 1.62. The van der Waals surface area contributed by atoms with Gasteiger partial charge in [-0.1, -0.05) is 0 Å². The summed E-state index contributed by atoms with van der Waals surface area (Å²) in [6.07, 6.45) is 4.81. The normalized spacial score (nSPS) is 17.5. The second kappa shape index (κ2) is 7.43. The van der Waals surface area contributed by atoms with Gasteiger partial charge in [-0.3, -0.25) is 10.1 Å². The number of carbonyl (C=O) groups is 1. The molecule has 0 radical (unpaired) electrons. The molecular weight excluding hydrogens is 328 g/mol. The van der Waals surface area contributed by atoms with Crippen molar-refractivity contribution in [3.63, 3.8) is 0 Å². The third kappa shape index (κ3) is 3.91. The summed E-state index contributed by atoms with van der Waals surface area (Å²) < 4.78 is 1.34. The van der Waals surface area contributed by atoms with Crippen molar-refractivity contribution in [2.24, 2.45) is 7.05 Å². The lowest BCUT2D eigenvalue weighted by Crippen LogP contribution is -2.48. The van der Waals surface area contributed by atoms with Crippen molar-refractivity contribution in [3.8, 4) is 0 Å². The molecule has 2 aromatic rings. The molecule has 1 saturated heterocycles. The van der Waals surface area contributed by atoms with Crippen LogP contribution in [-0.2, 0) is 7.05 Å². The molecule has 24 heavy (non-hydrogen) atoms. The Bertz CT molecular complexity index is 745. The van der Waals surface area contributed by atoms with Crippen LogP contribution < -0.4 is 21.1 Å². The molecule has 1 atom stereocenters. The molecule has 1 fully saturated rings. The second-order valence-corrected chi connectivity index (χ2v) is 6.56. The lowest BCUT2D eigenvalue weighted by Gasteiger charge is -2.36. The highest BCUT2D eigenvalue weighted by Gasteiger charge is 2.24. The van der Waals surface area contributed by atoms with Crippen LogP contribution in [0.15, 0.2) is 28.5 Å². The Morgan fingerprint density at radius 3 is 3.04 bits per heavy atom. The summed E-state index contributed by atoms with van der Waals surface area (Å²) in [6.45, 7) is 1.38. The molecule has 0 aliphatic carbocycles. The van der Waals surface area contributed by atoms with Gasteiger partial charge in [0.25, 0.3) is 5.56 Å². The molecule has 128 valence electrons. The van der Waals surface area contributed by atoms with Crippen molar-refractivity contribution in [2.75, 3.05) is 23.3 Å². The zero-order valence-corrected chi connectivity index (χ0v) is 14.3.